The van der Waals surface area contributed by atoms with Crippen LogP contribution in [0.1, 0.15) is 30.9 Å². The molecule has 4 nitrogen and oxygen atoms in total. The summed E-state index contributed by atoms with van der Waals surface area (Å²) >= 11 is 0. The maximum Gasteiger partial charge on any atom is 0.227 e. The normalized spacial score (nSPS) is 22.1. The second kappa shape index (κ2) is 7.50. The molecule has 0 aliphatic carbocycles. The fourth-order valence-electron chi connectivity index (χ4n) is 4.16. The van der Waals surface area contributed by atoms with E-state index in [0.717, 1.165) is 44.6 Å². The molecule has 136 valence electrons. The molecule has 4 heteroatoms. The van der Waals surface area contributed by atoms with Crippen molar-refractivity contribution in [2.75, 3.05) is 23.3 Å². The molecule has 1 amide bonds. The first-order valence-electron chi connectivity index (χ1n) is 9.65. The highest BCUT2D eigenvalue weighted by Crippen LogP contribution is 2.30. The van der Waals surface area contributed by atoms with E-state index in [2.05, 4.69) is 58.9 Å². The zero-order valence-electron chi connectivity index (χ0n) is 15.4. The fourth-order valence-corrected chi connectivity index (χ4v) is 4.16. The smallest absolute Gasteiger partial charge is 0.227 e. The maximum atomic E-state index is 12.7. The van der Waals surface area contributed by atoms with Gasteiger partial charge in [-0.2, -0.15) is 0 Å². The van der Waals surface area contributed by atoms with E-state index in [0.29, 0.717) is 6.04 Å². The van der Waals surface area contributed by atoms with Gasteiger partial charge in [0.15, 0.2) is 0 Å². The van der Waals surface area contributed by atoms with E-state index in [1.54, 1.807) is 0 Å². The average Bonchev–Trinajstić information content (AvgIpc) is 3.06. The van der Waals surface area contributed by atoms with Gasteiger partial charge in [0.1, 0.15) is 0 Å². The van der Waals surface area contributed by atoms with Crippen LogP contribution >= 0.6 is 0 Å². The molecule has 0 spiro atoms. The van der Waals surface area contributed by atoms with E-state index in [4.69, 9.17) is 0 Å². The van der Waals surface area contributed by atoms with Gasteiger partial charge in [-0.15, -0.1) is 0 Å². The van der Waals surface area contributed by atoms with Crippen LogP contribution in [0.4, 0.5) is 11.4 Å². The molecular formula is C22H27N3O. The second-order valence-electron chi connectivity index (χ2n) is 7.52. The van der Waals surface area contributed by atoms with Gasteiger partial charge < -0.3 is 15.5 Å². The third-order valence-electron chi connectivity index (χ3n) is 5.61. The molecule has 0 aromatic heterocycles. The Balaban J connectivity index is 1.48. The Hall–Kier alpha value is -2.33. The summed E-state index contributed by atoms with van der Waals surface area (Å²) < 4.78 is 0. The van der Waals surface area contributed by atoms with Gasteiger partial charge in [-0.3, -0.25) is 4.79 Å². The van der Waals surface area contributed by atoms with E-state index in [9.17, 15) is 4.79 Å². The number of hydrogen-bond donors (Lipinski definition) is 2. The summed E-state index contributed by atoms with van der Waals surface area (Å²) in [6, 6.07) is 17.2. The van der Waals surface area contributed by atoms with E-state index in [1.165, 1.54) is 16.8 Å². The van der Waals surface area contributed by atoms with Crippen molar-refractivity contribution in [2.45, 2.75) is 38.8 Å². The van der Waals surface area contributed by atoms with E-state index < -0.39 is 0 Å². The Morgan fingerprint density at radius 2 is 2.00 bits per heavy atom. The number of carbonyl (C=O) groups excluding carboxylic acids is 1. The molecule has 2 N–H and O–H groups in total. The predicted octanol–water partition coefficient (Wildman–Crippen LogP) is 3.58. The van der Waals surface area contributed by atoms with Crippen LogP contribution in [0.3, 0.4) is 0 Å². The van der Waals surface area contributed by atoms with Crippen LogP contribution in [0.5, 0.6) is 0 Å². The van der Waals surface area contributed by atoms with Crippen LogP contribution in [-0.2, 0) is 17.8 Å². The molecule has 0 unspecified atom stereocenters. The number of benzene rings is 2. The zero-order valence-corrected chi connectivity index (χ0v) is 15.4. The van der Waals surface area contributed by atoms with Gasteiger partial charge >= 0.3 is 0 Å². The Morgan fingerprint density at radius 3 is 2.88 bits per heavy atom. The first-order valence-corrected chi connectivity index (χ1v) is 9.65. The van der Waals surface area contributed by atoms with Crippen molar-refractivity contribution in [3.8, 4) is 0 Å². The number of hydrogen-bond acceptors (Lipinski definition) is 3. The highest BCUT2D eigenvalue weighted by molar-refractivity contribution is 5.93. The summed E-state index contributed by atoms with van der Waals surface area (Å²) in [7, 11) is 0. The van der Waals surface area contributed by atoms with Crippen molar-refractivity contribution >= 4 is 17.3 Å². The lowest BCUT2D eigenvalue weighted by Gasteiger charge is -2.27. The van der Waals surface area contributed by atoms with Gasteiger partial charge in [-0.25, -0.2) is 0 Å². The summed E-state index contributed by atoms with van der Waals surface area (Å²) in [6.07, 6.45) is 2.92. The fraction of sp³-hybridized carbons (Fsp3) is 0.409. The van der Waals surface area contributed by atoms with Gasteiger partial charge in [0, 0.05) is 36.4 Å². The lowest BCUT2D eigenvalue weighted by molar-refractivity contribution is -0.120. The number of para-hydroxylation sites is 2. The number of anilines is 2. The number of rotatable bonds is 4. The SMILES string of the molecule is C[C@H]1C[C@@H](C(=O)Nc2ccccc2CN2CCc3ccccc32)CCN1. The summed E-state index contributed by atoms with van der Waals surface area (Å²) in [4.78, 5) is 15.2. The highest BCUT2D eigenvalue weighted by Gasteiger charge is 2.25. The zero-order chi connectivity index (χ0) is 17.9. The first-order chi connectivity index (χ1) is 12.7. The molecule has 4 rings (SSSR count). The average molecular weight is 349 g/mol. The molecule has 0 radical (unpaired) electrons. The van der Waals surface area contributed by atoms with E-state index in [-0.39, 0.29) is 11.8 Å². The standard InChI is InChI=1S/C22H27N3O/c1-16-14-18(10-12-23-16)22(26)24-20-8-4-2-7-19(20)15-25-13-11-17-6-3-5-9-21(17)25/h2-9,16,18,23H,10-15H2,1H3,(H,24,26)/t16-,18-/m0/s1. The largest absolute Gasteiger partial charge is 0.367 e. The molecule has 0 saturated carbocycles. The third kappa shape index (κ3) is 3.61. The van der Waals surface area contributed by atoms with Crippen molar-refractivity contribution < 1.29 is 4.79 Å². The van der Waals surface area contributed by atoms with Crippen LogP contribution in [0.15, 0.2) is 48.5 Å². The molecule has 0 bridgehead atoms. The molecule has 1 fully saturated rings. The van der Waals surface area contributed by atoms with Crippen LogP contribution in [-0.4, -0.2) is 25.0 Å². The Kier molecular flexibility index (Phi) is 4.93. The molecule has 2 aliphatic rings. The minimum Gasteiger partial charge on any atom is -0.367 e. The predicted molar refractivity (Wildman–Crippen MR) is 106 cm³/mol. The van der Waals surface area contributed by atoms with Crippen LogP contribution in [0.2, 0.25) is 0 Å². The van der Waals surface area contributed by atoms with Gasteiger partial charge in [0.2, 0.25) is 5.91 Å². The van der Waals surface area contributed by atoms with Gasteiger partial charge in [-0.1, -0.05) is 36.4 Å². The molecule has 2 aromatic carbocycles. The van der Waals surface area contributed by atoms with Gasteiger partial charge in [-0.05, 0) is 56.0 Å². The quantitative estimate of drug-likeness (QED) is 0.887. The van der Waals surface area contributed by atoms with Crippen molar-refractivity contribution in [3.63, 3.8) is 0 Å². The summed E-state index contributed by atoms with van der Waals surface area (Å²) in [6.45, 7) is 4.94. The molecule has 2 aliphatic heterocycles. The first kappa shape index (κ1) is 17.1. The molecule has 26 heavy (non-hydrogen) atoms. The van der Waals surface area contributed by atoms with E-state index in [1.807, 2.05) is 12.1 Å². The minimum atomic E-state index is 0.104. The second-order valence-corrected chi connectivity index (χ2v) is 7.52. The van der Waals surface area contributed by atoms with Crippen molar-refractivity contribution in [2.24, 2.45) is 5.92 Å². The number of amides is 1. The minimum absolute atomic E-state index is 0.104. The molecule has 2 heterocycles. The lowest BCUT2D eigenvalue weighted by Crippen LogP contribution is -2.40. The summed E-state index contributed by atoms with van der Waals surface area (Å²) in [5, 5.41) is 6.62. The Labute approximate surface area is 155 Å². The molecule has 2 aromatic rings. The van der Waals surface area contributed by atoms with Crippen LogP contribution in [0, 0.1) is 5.92 Å². The Bertz CT molecular complexity index is 788. The third-order valence-corrected chi connectivity index (χ3v) is 5.61. The van der Waals surface area contributed by atoms with Crippen molar-refractivity contribution in [3.05, 3.63) is 59.7 Å². The summed E-state index contributed by atoms with van der Waals surface area (Å²) in [5.74, 6) is 0.263. The lowest BCUT2D eigenvalue weighted by atomic mass is 9.92. The molecule has 1 saturated heterocycles. The molecular weight excluding hydrogens is 322 g/mol. The number of fused-ring (bicyclic) bond motifs is 1. The topological polar surface area (TPSA) is 44.4 Å². The van der Waals surface area contributed by atoms with Crippen molar-refractivity contribution in [1.29, 1.82) is 0 Å². The Morgan fingerprint density at radius 1 is 1.19 bits per heavy atom. The monoisotopic (exact) mass is 349 g/mol. The molecule has 2 atom stereocenters. The van der Waals surface area contributed by atoms with Crippen LogP contribution in [0.25, 0.3) is 0 Å². The number of carbonyl (C=O) groups is 1. The van der Waals surface area contributed by atoms with Gasteiger partial charge in [0.05, 0.1) is 0 Å². The summed E-state index contributed by atoms with van der Waals surface area (Å²) in [5.41, 5.74) is 4.87. The number of piperidine rings is 1. The van der Waals surface area contributed by atoms with Crippen LogP contribution < -0.4 is 15.5 Å². The van der Waals surface area contributed by atoms with E-state index >= 15 is 0 Å². The number of nitrogens with zero attached hydrogens (tertiary/aromatic N) is 1. The maximum absolute atomic E-state index is 12.7. The highest BCUT2D eigenvalue weighted by atomic mass is 16.1. The van der Waals surface area contributed by atoms with Gasteiger partial charge in [0.25, 0.3) is 0 Å². The van der Waals surface area contributed by atoms with Crippen molar-refractivity contribution in [1.82, 2.24) is 5.32 Å². The number of nitrogens with one attached hydrogen (secondary N) is 2.